The van der Waals surface area contributed by atoms with Gasteiger partial charge in [0.15, 0.2) is 11.6 Å². The Morgan fingerprint density at radius 3 is 2.19 bits per heavy atom. The van der Waals surface area contributed by atoms with Gasteiger partial charge < -0.3 is 4.74 Å². The number of hydrogen-bond acceptors (Lipinski definition) is 4. The number of carbonyl (C=O) groups is 1. The maximum atomic E-state index is 14.8. The van der Waals surface area contributed by atoms with E-state index in [-0.39, 0.29) is 11.1 Å². The smallest absolute Gasteiger partial charge is 0.321 e. The summed E-state index contributed by atoms with van der Waals surface area (Å²) in [4.78, 5) is 11.4. The van der Waals surface area contributed by atoms with Gasteiger partial charge in [-0.15, -0.1) is 0 Å². The molecule has 0 unspecified atom stereocenters. The van der Waals surface area contributed by atoms with Crippen LogP contribution < -0.4 is 5.46 Å². The summed E-state index contributed by atoms with van der Waals surface area (Å²) in [5.41, 5.74) is -0.637. The van der Waals surface area contributed by atoms with Gasteiger partial charge in [0, 0.05) is 6.54 Å². The van der Waals surface area contributed by atoms with E-state index in [0.29, 0.717) is 15.4 Å². The van der Waals surface area contributed by atoms with Crippen LogP contribution >= 0.6 is 0 Å². The molecule has 0 amide bonds. The van der Waals surface area contributed by atoms with Gasteiger partial charge in [-0.3, -0.25) is 4.79 Å². The summed E-state index contributed by atoms with van der Waals surface area (Å²) in [6.07, 6.45) is 0. The molecule has 172 valence electrons. The topological polar surface area (TPSA) is 63.7 Å². The van der Waals surface area contributed by atoms with Crippen LogP contribution in [-0.2, 0) is 26.1 Å². The lowest BCUT2D eigenvalue weighted by atomic mass is 9.88. The third-order valence-corrected chi connectivity index (χ3v) is 6.76. The van der Waals surface area contributed by atoms with Gasteiger partial charge in [0.1, 0.15) is 30.7 Å². The fourth-order valence-corrected chi connectivity index (χ4v) is 4.66. The van der Waals surface area contributed by atoms with E-state index in [1.54, 1.807) is 27.7 Å². The molecule has 0 saturated heterocycles. The van der Waals surface area contributed by atoms with Gasteiger partial charge in [0.25, 0.3) is 0 Å². The lowest BCUT2D eigenvalue weighted by molar-refractivity contribution is -0.155. The van der Waals surface area contributed by atoms with E-state index >= 15 is 0 Å². The molecule has 0 aliphatic carbocycles. The van der Waals surface area contributed by atoms with E-state index in [1.807, 2.05) is 0 Å². The average Bonchev–Trinajstić information content (AvgIpc) is 2.64. The second-order valence-corrected chi connectivity index (χ2v) is 10.4. The Balaban J connectivity index is 2.64. The Bertz CT molecular complexity index is 1130. The molecule has 0 N–H and O–H groups in total. The predicted octanol–water partition coefficient (Wildman–Crippen LogP) is 3.36. The van der Waals surface area contributed by atoms with Crippen molar-refractivity contribution in [1.29, 1.82) is 0 Å². The molecule has 0 aromatic heterocycles. The van der Waals surface area contributed by atoms with Crippen molar-refractivity contribution >= 4 is 29.3 Å². The molecular weight excluding hydrogens is 442 g/mol. The summed E-state index contributed by atoms with van der Waals surface area (Å²) in [5.74, 6) is -4.40. The highest BCUT2D eigenvalue weighted by Crippen LogP contribution is 2.26. The maximum absolute atomic E-state index is 14.8. The van der Waals surface area contributed by atoms with Gasteiger partial charge in [-0.05, 0) is 70.4 Å². The number of nitrogens with zero attached hydrogens (tertiary/aromatic N) is 1. The zero-order valence-electron chi connectivity index (χ0n) is 18.8. The summed E-state index contributed by atoms with van der Waals surface area (Å²) >= 11 is 0. The number of esters is 1. The highest BCUT2D eigenvalue weighted by molar-refractivity contribution is 7.89. The van der Waals surface area contributed by atoms with Gasteiger partial charge >= 0.3 is 5.97 Å². The van der Waals surface area contributed by atoms with E-state index < -0.39 is 62.5 Å². The molecule has 2 radical (unpaired) electrons. The number of halogens is 3. The minimum Gasteiger partial charge on any atom is -0.459 e. The Morgan fingerprint density at radius 1 is 1.06 bits per heavy atom. The normalized spacial score (nSPS) is 12.3. The van der Waals surface area contributed by atoms with Gasteiger partial charge in [-0.1, -0.05) is 17.1 Å². The number of carbonyl (C=O) groups excluding carboxylic acids is 1. The maximum Gasteiger partial charge on any atom is 0.321 e. The molecule has 0 saturated carbocycles. The van der Waals surface area contributed by atoms with Crippen molar-refractivity contribution < 1.29 is 31.1 Å². The lowest BCUT2D eigenvalue weighted by Gasteiger charge is -2.27. The number of rotatable bonds is 6. The minimum absolute atomic E-state index is 0.0673. The molecule has 0 fully saturated rings. The van der Waals surface area contributed by atoms with Crippen LogP contribution in [0, 0.1) is 38.2 Å². The van der Waals surface area contributed by atoms with Crippen LogP contribution in [0.25, 0.3) is 0 Å². The van der Waals surface area contributed by atoms with Crippen molar-refractivity contribution in [3.05, 3.63) is 57.9 Å². The van der Waals surface area contributed by atoms with Crippen molar-refractivity contribution in [3.8, 4) is 0 Å². The first-order chi connectivity index (χ1) is 14.6. The fourth-order valence-electron chi connectivity index (χ4n) is 3.07. The van der Waals surface area contributed by atoms with Crippen LogP contribution in [0.1, 0.15) is 43.0 Å². The average molecular weight is 467 g/mol. The largest absolute Gasteiger partial charge is 0.459 e. The molecule has 2 aromatic carbocycles. The van der Waals surface area contributed by atoms with Crippen molar-refractivity contribution in [3.63, 3.8) is 0 Å². The zero-order chi connectivity index (χ0) is 24.6. The van der Waals surface area contributed by atoms with E-state index in [9.17, 15) is 26.4 Å². The molecule has 0 spiro atoms. The summed E-state index contributed by atoms with van der Waals surface area (Å²) in [6, 6.07) is 3.67. The van der Waals surface area contributed by atoms with E-state index in [4.69, 9.17) is 12.6 Å². The highest BCUT2D eigenvalue weighted by atomic mass is 32.2. The molecule has 0 bridgehead atoms. The molecule has 10 heteroatoms. The van der Waals surface area contributed by atoms with Gasteiger partial charge in [-0.25, -0.2) is 21.6 Å². The van der Waals surface area contributed by atoms with Crippen LogP contribution in [0.5, 0.6) is 0 Å². The van der Waals surface area contributed by atoms with Gasteiger partial charge in [-0.2, -0.15) is 4.31 Å². The molecule has 0 aliphatic rings. The summed E-state index contributed by atoms with van der Waals surface area (Å²) in [7, 11) is 1.07. The summed E-state index contributed by atoms with van der Waals surface area (Å²) in [6.45, 7) is 7.81. The number of ether oxygens (including phenoxy) is 1. The van der Waals surface area contributed by atoms with Crippen LogP contribution in [-0.4, -0.2) is 38.7 Å². The number of benzene rings is 2. The highest BCUT2D eigenvalue weighted by Gasteiger charge is 2.35. The quantitative estimate of drug-likeness (QED) is 0.483. The first kappa shape index (κ1) is 25.9. The Labute approximate surface area is 188 Å². The number of aryl methyl sites for hydroxylation is 1. The minimum atomic E-state index is -4.80. The predicted molar refractivity (Wildman–Crippen MR) is 116 cm³/mol. The number of hydrogen-bond donors (Lipinski definition) is 0. The van der Waals surface area contributed by atoms with Crippen LogP contribution in [0.15, 0.2) is 23.1 Å². The number of sulfonamides is 1. The second-order valence-electron chi connectivity index (χ2n) is 8.55. The second kappa shape index (κ2) is 9.27. The van der Waals surface area contributed by atoms with Crippen molar-refractivity contribution in [1.82, 2.24) is 4.31 Å². The molecule has 2 rings (SSSR count). The van der Waals surface area contributed by atoms with E-state index in [2.05, 4.69) is 0 Å². The molecule has 5 nitrogen and oxygen atoms in total. The van der Waals surface area contributed by atoms with Crippen molar-refractivity contribution in [2.75, 3.05) is 6.54 Å². The van der Waals surface area contributed by atoms with E-state index in [1.165, 1.54) is 26.0 Å². The summed E-state index contributed by atoms with van der Waals surface area (Å²) < 4.78 is 75.4. The van der Waals surface area contributed by atoms with Crippen LogP contribution in [0.2, 0.25) is 0 Å². The first-order valence-corrected chi connectivity index (χ1v) is 11.2. The fraction of sp³-hybridized carbons (Fsp3) is 0.409. The van der Waals surface area contributed by atoms with Crippen molar-refractivity contribution in [2.24, 2.45) is 0 Å². The molecule has 32 heavy (non-hydrogen) atoms. The first-order valence-electron chi connectivity index (χ1n) is 9.77. The molecular formula is C22H25BF3NO4S. The Kier molecular flexibility index (Phi) is 7.51. The monoisotopic (exact) mass is 467 g/mol. The molecule has 0 aliphatic heterocycles. The Hall–Kier alpha value is -2.33. The van der Waals surface area contributed by atoms with Gasteiger partial charge in [0.2, 0.25) is 10.0 Å². The third-order valence-electron chi connectivity index (χ3n) is 4.91. The Morgan fingerprint density at radius 2 is 1.66 bits per heavy atom. The van der Waals surface area contributed by atoms with Crippen LogP contribution in [0.4, 0.5) is 13.2 Å². The third kappa shape index (κ3) is 5.53. The zero-order valence-corrected chi connectivity index (χ0v) is 19.7. The molecule has 0 atom stereocenters. The van der Waals surface area contributed by atoms with Gasteiger partial charge in [0.05, 0.1) is 0 Å². The standard InChI is InChI=1S/C22H25BF3NO4S/c1-12-9-16(24)8-7-15(12)10-27(11-17(28)31-22(4,5)6)32(29,30)21-18(23)13(2)14(3)19(25)20(21)26/h7-9H,10-11H2,1-6H3. The molecule has 2 aromatic rings. The molecule has 0 heterocycles. The van der Waals surface area contributed by atoms with Crippen molar-refractivity contribution in [2.45, 2.75) is 58.6 Å². The summed E-state index contributed by atoms with van der Waals surface area (Å²) in [5, 5.41) is 0. The lowest BCUT2D eigenvalue weighted by Crippen LogP contribution is -2.41. The van der Waals surface area contributed by atoms with Crippen LogP contribution in [0.3, 0.4) is 0 Å². The van der Waals surface area contributed by atoms with E-state index in [0.717, 1.165) is 6.07 Å². The SMILES string of the molecule is [B]c1c(C)c(C)c(F)c(F)c1S(=O)(=O)N(CC(=O)OC(C)(C)C)Cc1ccc(F)cc1C.